The van der Waals surface area contributed by atoms with Crippen LogP contribution in [0.1, 0.15) is 65.2 Å². The Bertz CT molecular complexity index is 871. The molecule has 6 rings (SSSR count). The number of unbranched alkanes of at least 4 members (excludes halogenated alkanes) is 2. The van der Waals surface area contributed by atoms with Gasteiger partial charge in [-0.3, -0.25) is 0 Å². The summed E-state index contributed by atoms with van der Waals surface area (Å²) in [7, 11) is 0. The quantitative estimate of drug-likeness (QED) is 0.635. The second-order valence-corrected chi connectivity index (χ2v) is 8.82. The third-order valence-electron chi connectivity index (χ3n) is 7.43. The number of ether oxygens (including phenoxy) is 2. The number of hydrogen-bond acceptors (Lipinski definition) is 4. The predicted octanol–water partition coefficient (Wildman–Crippen LogP) is 5.13. The van der Waals surface area contributed by atoms with Crippen molar-refractivity contribution >= 4 is 11.9 Å². The van der Waals surface area contributed by atoms with Gasteiger partial charge in [0.2, 0.25) is 0 Å². The van der Waals surface area contributed by atoms with Crippen molar-refractivity contribution in [3.8, 4) is 0 Å². The van der Waals surface area contributed by atoms with E-state index in [1.165, 1.54) is 0 Å². The van der Waals surface area contributed by atoms with Crippen LogP contribution in [0.2, 0.25) is 0 Å². The highest BCUT2D eigenvalue weighted by molar-refractivity contribution is 5.99. The van der Waals surface area contributed by atoms with Crippen molar-refractivity contribution in [1.29, 1.82) is 0 Å². The molecule has 0 aromatic heterocycles. The zero-order valence-electron chi connectivity index (χ0n) is 16.8. The molecular weight excluding hydrogens is 352 g/mol. The number of carbonyl (C=O) groups excluding carboxylic acids is 2. The Labute approximate surface area is 166 Å². The summed E-state index contributed by atoms with van der Waals surface area (Å²) in [6.45, 7) is 4.26. The third kappa shape index (κ3) is 2.23. The smallest absolute Gasteiger partial charge is 0.340 e. The lowest BCUT2D eigenvalue weighted by molar-refractivity contribution is -0.135. The molecule has 0 amide bonds. The highest BCUT2D eigenvalue weighted by Gasteiger charge is 2.66. The Morgan fingerprint density at radius 1 is 1.07 bits per heavy atom. The van der Waals surface area contributed by atoms with E-state index in [4.69, 9.17) is 9.47 Å². The van der Waals surface area contributed by atoms with Crippen LogP contribution in [0.15, 0.2) is 46.5 Å². The molecule has 28 heavy (non-hydrogen) atoms. The van der Waals surface area contributed by atoms with Crippen molar-refractivity contribution < 1.29 is 19.1 Å². The average Bonchev–Trinajstić information content (AvgIpc) is 3.19. The SMILES string of the molecule is CCCC=C1OC(=O)C2=C[C@@H]3CC[C@@]12[C@H]1C2=C(CC[C@@H]31)/C(=C/CCC)OC2=O. The minimum absolute atomic E-state index is 0.0181. The van der Waals surface area contributed by atoms with Gasteiger partial charge in [-0.25, -0.2) is 9.59 Å². The Hall–Kier alpha value is -2.10. The van der Waals surface area contributed by atoms with E-state index in [1.54, 1.807) is 0 Å². The summed E-state index contributed by atoms with van der Waals surface area (Å²) in [6.07, 6.45) is 14.1. The van der Waals surface area contributed by atoms with Gasteiger partial charge in [0.25, 0.3) is 0 Å². The van der Waals surface area contributed by atoms with Crippen molar-refractivity contribution in [3.63, 3.8) is 0 Å². The molecule has 148 valence electrons. The van der Waals surface area contributed by atoms with Gasteiger partial charge in [0, 0.05) is 22.6 Å². The van der Waals surface area contributed by atoms with Crippen LogP contribution < -0.4 is 0 Å². The van der Waals surface area contributed by atoms with Gasteiger partial charge in [-0.05, 0) is 62.5 Å². The van der Waals surface area contributed by atoms with Gasteiger partial charge < -0.3 is 9.47 Å². The monoisotopic (exact) mass is 380 g/mol. The molecule has 2 heterocycles. The topological polar surface area (TPSA) is 52.6 Å². The standard InChI is InChI=1S/C24H28O4/c1-3-5-7-18-16-10-9-15-14-11-12-24(21(15)20(16)23(26)27-18)17(13-14)22(25)28-19(24)8-6-4-2/h7-8,13-15,21H,3-6,9-12H2,1-2H3/b18-7-,19-8?/t14-,15-,21+,24-/m0/s1. The molecule has 4 heteroatoms. The molecule has 0 unspecified atom stereocenters. The van der Waals surface area contributed by atoms with Gasteiger partial charge in [-0.1, -0.05) is 32.8 Å². The summed E-state index contributed by atoms with van der Waals surface area (Å²) in [4.78, 5) is 25.8. The molecular formula is C24H28O4. The van der Waals surface area contributed by atoms with Crippen LogP contribution in [-0.4, -0.2) is 11.9 Å². The average molecular weight is 380 g/mol. The van der Waals surface area contributed by atoms with Crippen LogP contribution in [0.25, 0.3) is 0 Å². The molecule has 4 atom stereocenters. The van der Waals surface area contributed by atoms with Crippen LogP contribution in [0, 0.1) is 23.2 Å². The zero-order chi connectivity index (χ0) is 19.5. The minimum Gasteiger partial charge on any atom is -0.427 e. The van der Waals surface area contributed by atoms with Gasteiger partial charge in [-0.15, -0.1) is 0 Å². The van der Waals surface area contributed by atoms with Gasteiger partial charge in [0.05, 0.1) is 5.41 Å². The van der Waals surface area contributed by atoms with E-state index in [0.29, 0.717) is 11.8 Å². The van der Waals surface area contributed by atoms with E-state index in [9.17, 15) is 9.59 Å². The van der Waals surface area contributed by atoms with Crippen LogP contribution in [0.5, 0.6) is 0 Å². The molecule has 2 aliphatic heterocycles. The first-order valence-corrected chi connectivity index (χ1v) is 10.9. The molecule has 2 bridgehead atoms. The van der Waals surface area contributed by atoms with Crippen LogP contribution >= 0.6 is 0 Å². The number of cyclic esters (lactones) is 2. The minimum atomic E-state index is -0.452. The molecule has 4 nitrogen and oxygen atoms in total. The third-order valence-corrected chi connectivity index (χ3v) is 7.43. The lowest BCUT2D eigenvalue weighted by atomic mass is 9.47. The van der Waals surface area contributed by atoms with Crippen molar-refractivity contribution in [2.75, 3.05) is 0 Å². The van der Waals surface area contributed by atoms with E-state index >= 15 is 0 Å². The molecule has 0 radical (unpaired) electrons. The first kappa shape index (κ1) is 18.0. The fourth-order valence-corrected chi connectivity index (χ4v) is 6.29. The normalized spacial score (nSPS) is 38.4. The van der Waals surface area contributed by atoms with E-state index in [0.717, 1.165) is 79.6 Å². The first-order chi connectivity index (χ1) is 13.6. The Morgan fingerprint density at radius 2 is 1.86 bits per heavy atom. The summed E-state index contributed by atoms with van der Waals surface area (Å²) in [5, 5.41) is 0. The van der Waals surface area contributed by atoms with Crippen LogP contribution in [0.4, 0.5) is 0 Å². The van der Waals surface area contributed by atoms with Crippen molar-refractivity contribution in [2.45, 2.75) is 65.2 Å². The summed E-state index contributed by atoms with van der Waals surface area (Å²) < 4.78 is 11.6. The van der Waals surface area contributed by atoms with Gasteiger partial charge in [0.15, 0.2) is 0 Å². The number of carbonyl (C=O) groups is 2. The highest BCUT2D eigenvalue weighted by atomic mass is 16.5. The zero-order valence-corrected chi connectivity index (χ0v) is 16.8. The van der Waals surface area contributed by atoms with E-state index in [-0.39, 0.29) is 17.9 Å². The molecule has 0 aromatic rings. The van der Waals surface area contributed by atoms with Crippen molar-refractivity contribution in [3.05, 3.63) is 46.5 Å². The summed E-state index contributed by atoms with van der Waals surface area (Å²) in [5.74, 6) is 1.96. The Morgan fingerprint density at radius 3 is 2.64 bits per heavy atom. The summed E-state index contributed by atoms with van der Waals surface area (Å²) in [5.41, 5.74) is 2.29. The first-order valence-electron chi connectivity index (χ1n) is 10.9. The summed E-state index contributed by atoms with van der Waals surface area (Å²) in [6, 6.07) is 0. The number of hydrogen-bond donors (Lipinski definition) is 0. The Balaban J connectivity index is 1.68. The second kappa shape index (κ2) is 6.47. The van der Waals surface area contributed by atoms with Crippen LogP contribution in [0.3, 0.4) is 0 Å². The number of rotatable bonds is 4. The van der Waals surface area contributed by atoms with E-state index < -0.39 is 5.41 Å². The van der Waals surface area contributed by atoms with E-state index in [1.807, 2.05) is 0 Å². The maximum atomic E-state index is 13.0. The molecule has 1 spiro atoms. The van der Waals surface area contributed by atoms with Crippen molar-refractivity contribution in [2.24, 2.45) is 23.2 Å². The van der Waals surface area contributed by atoms with Gasteiger partial charge in [0.1, 0.15) is 11.5 Å². The number of fused-ring (bicyclic) bond motifs is 1. The molecule has 6 aliphatic rings. The summed E-state index contributed by atoms with van der Waals surface area (Å²) >= 11 is 0. The molecule has 0 N–H and O–H groups in total. The number of esters is 2. The second-order valence-electron chi connectivity index (χ2n) is 8.82. The van der Waals surface area contributed by atoms with E-state index in [2.05, 4.69) is 32.1 Å². The van der Waals surface area contributed by atoms with Crippen molar-refractivity contribution in [1.82, 2.24) is 0 Å². The fourth-order valence-electron chi connectivity index (χ4n) is 6.29. The molecule has 4 aliphatic carbocycles. The van der Waals surface area contributed by atoms with Gasteiger partial charge >= 0.3 is 11.9 Å². The lowest BCUT2D eigenvalue weighted by Gasteiger charge is -2.54. The number of allylic oxidation sites excluding steroid dienone is 5. The fraction of sp³-hybridized carbons (Fsp3) is 0.583. The lowest BCUT2D eigenvalue weighted by Crippen LogP contribution is -2.50. The maximum absolute atomic E-state index is 13.0. The molecule has 1 saturated carbocycles. The molecule has 0 aromatic carbocycles. The highest BCUT2D eigenvalue weighted by Crippen LogP contribution is 2.68. The maximum Gasteiger partial charge on any atom is 0.340 e. The van der Waals surface area contributed by atoms with Crippen LogP contribution in [-0.2, 0) is 19.1 Å². The Kier molecular flexibility index (Phi) is 4.15. The molecule has 1 saturated heterocycles. The largest absolute Gasteiger partial charge is 0.427 e. The molecule has 2 fully saturated rings. The predicted molar refractivity (Wildman–Crippen MR) is 105 cm³/mol. The van der Waals surface area contributed by atoms with Gasteiger partial charge in [-0.2, -0.15) is 0 Å².